The van der Waals surface area contributed by atoms with E-state index in [2.05, 4.69) is 24.4 Å². The Kier molecular flexibility index (Phi) is 4.62. The number of hydrogen-bond donors (Lipinski definition) is 2. The molecule has 2 N–H and O–H groups in total. The van der Waals surface area contributed by atoms with Gasteiger partial charge < -0.3 is 5.43 Å². The van der Waals surface area contributed by atoms with E-state index in [1.807, 2.05) is 27.0 Å². The van der Waals surface area contributed by atoms with Gasteiger partial charge in [0.2, 0.25) is 0 Å². The molecule has 1 aliphatic rings. The van der Waals surface area contributed by atoms with Crippen LogP contribution in [0.5, 0.6) is 0 Å². The van der Waals surface area contributed by atoms with Gasteiger partial charge in [-0.25, -0.2) is 5.43 Å². The van der Waals surface area contributed by atoms with E-state index in [4.69, 9.17) is 0 Å². The summed E-state index contributed by atoms with van der Waals surface area (Å²) in [6, 6.07) is 0.338. The van der Waals surface area contributed by atoms with Crippen LogP contribution in [0.15, 0.2) is 23.9 Å². The molecule has 0 saturated carbocycles. The van der Waals surface area contributed by atoms with Crippen LogP contribution in [0.2, 0.25) is 0 Å². The van der Waals surface area contributed by atoms with Crippen molar-refractivity contribution in [3.63, 3.8) is 0 Å². The van der Waals surface area contributed by atoms with Gasteiger partial charge in [0, 0.05) is 7.63 Å². The first kappa shape index (κ1) is 10.2. The molecule has 0 aromatic rings. The average Bonchev–Trinajstić information content (AvgIpc) is 2.39. The average molecular weight is 156 g/mol. The summed E-state index contributed by atoms with van der Waals surface area (Å²) >= 11 is 0. The molecule has 0 spiro atoms. The van der Waals surface area contributed by atoms with Crippen LogP contribution >= 0.6 is 0 Å². The maximum Gasteiger partial charge on any atom is 0.0689 e. The minimum absolute atomic E-state index is 0. The largest absolute Gasteiger partial charge is 0.328 e. The van der Waals surface area contributed by atoms with Crippen molar-refractivity contribution in [1.82, 2.24) is 10.9 Å². The first-order chi connectivity index (χ1) is 5.22. The Morgan fingerprint density at radius 3 is 2.36 bits per heavy atom. The van der Waals surface area contributed by atoms with Crippen LogP contribution in [0.3, 0.4) is 0 Å². The molecule has 1 rings (SSSR count). The highest BCUT2D eigenvalue weighted by atomic mass is 15.4. The fraction of sp³-hybridized carbons (Fsp3) is 0.556. The smallest absolute Gasteiger partial charge is 0.0689 e. The SMILES string of the molecule is C=C(C)C1NNC=C1C.CC.[HH]. The molecule has 0 saturated heterocycles. The maximum absolute atomic E-state index is 3.84. The first-order valence-electron chi connectivity index (χ1n) is 4.05. The van der Waals surface area contributed by atoms with Crippen molar-refractivity contribution in [3.8, 4) is 0 Å². The fourth-order valence-corrected chi connectivity index (χ4v) is 0.948. The molecule has 0 aliphatic carbocycles. The van der Waals surface area contributed by atoms with Crippen LogP contribution in [0.25, 0.3) is 0 Å². The van der Waals surface area contributed by atoms with Gasteiger partial charge in [0.25, 0.3) is 0 Å². The lowest BCUT2D eigenvalue weighted by molar-refractivity contribution is 0.627. The third-order valence-electron chi connectivity index (χ3n) is 1.48. The molecule has 2 nitrogen and oxygen atoms in total. The monoisotopic (exact) mass is 156 g/mol. The number of hydrazine groups is 1. The predicted octanol–water partition coefficient (Wildman–Crippen LogP) is 2.21. The summed E-state index contributed by atoms with van der Waals surface area (Å²) in [5.41, 5.74) is 8.44. The normalized spacial score (nSPS) is 21.1. The molecule has 1 aliphatic heterocycles. The van der Waals surface area contributed by atoms with Gasteiger partial charge >= 0.3 is 0 Å². The van der Waals surface area contributed by atoms with Crippen molar-refractivity contribution in [1.29, 1.82) is 0 Å². The number of nitrogens with one attached hydrogen (secondary N) is 2. The van der Waals surface area contributed by atoms with Crippen molar-refractivity contribution in [2.45, 2.75) is 33.7 Å². The van der Waals surface area contributed by atoms with Gasteiger partial charge in [0.05, 0.1) is 6.04 Å². The summed E-state index contributed by atoms with van der Waals surface area (Å²) in [5, 5.41) is 0. The van der Waals surface area contributed by atoms with E-state index in [0.717, 1.165) is 5.57 Å². The maximum atomic E-state index is 3.84. The highest BCUT2D eigenvalue weighted by molar-refractivity contribution is 5.23. The molecule has 0 amide bonds. The van der Waals surface area contributed by atoms with Gasteiger partial charge in [0.15, 0.2) is 0 Å². The molecule has 1 atom stereocenters. The standard InChI is InChI=1S/C7H12N2.C2H6.H2/c1-5(2)7-6(3)4-8-9-7;1-2;/h4,7-9H,1H2,2-3H3;1-2H3;1H. The molecule has 1 heterocycles. The summed E-state index contributed by atoms with van der Waals surface area (Å²) < 4.78 is 0. The van der Waals surface area contributed by atoms with Crippen LogP contribution in [-0.2, 0) is 0 Å². The highest BCUT2D eigenvalue weighted by Gasteiger charge is 2.13. The first-order valence-corrected chi connectivity index (χ1v) is 4.05. The minimum Gasteiger partial charge on any atom is -0.328 e. The second-order valence-electron chi connectivity index (χ2n) is 2.46. The van der Waals surface area contributed by atoms with Crippen molar-refractivity contribution in [2.24, 2.45) is 0 Å². The Balaban J connectivity index is 0. The third kappa shape index (κ3) is 2.76. The molecule has 0 fully saturated rings. The van der Waals surface area contributed by atoms with E-state index >= 15 is 0 Å². The third-order valence-corrected chi connectivity index (χ3v) is 1.48. The lowest BCUT2D eigenvalue weighted by Gasteiger charge is -2.10. The van der Waals surface area contributed by atoms with Crippen molar-refractivity contribution in [2.75, 3.05) is 0 Å². The summed E-state index contributed by atoms with van der Waals surface area (Å²) in [4.78, 5) is 0. The van der Waals surface area contributed by atoms with E-state index in [1.165, 1.54) is 5.57 Å². The zero-order valence-corrected chi connectivity index (χ0v) is 7.86. The molecule has 0 aromatic heterocycles. The second-order valence-corrected chi connectivity index (χ2v) is 2.46. The molecule has 0 radical (unpaired) electrons. The van der Waals surface area contributed by atoms with Gasteiger partial charge in [-0.1, -0.05) is 26.0 Å². The predicted molar refractivity (Wildman–Crippen MR) is 52.1 cm³/mol. The van der Waals surface area contributed by atoms with E-state index in [1.54, 1.807) is 0 Å². The number of hydrogen-bond acceptors (Lipinski definition) is 2. The molecule has 11 heavy (non-hydrogen) atoms. The molecule has 66 valence electrons. The van der Waals surface area contributed by atoms with Crippen molar-refractivity contribution >= 4 is 0 Å². The molecule has 0 aromatic carbocycles. The van der Waals surface area contributed by atoms with Gasteiger partial charge in [-0.05, 0) is 19.4 Å². The minimum atomic E-state index is 0. The van der Waals surface area contributed by atoms with Crippen LogP contribution in [0.4, 0.5) is 0 Å². The summed E-state index contributed by atoms with van der Waals surface area (Å²) in [5.74, 6) is 0. The molecule has 1 unspecified atom stereocenters. The second kappa shape index (κ2) is 4.97. The molecule has 0 bridgehead atoms. The fourth-order valence-electron chi connectivity index (χ4n) is 0.948. The van der Waals surface area contributed by atoms with Crippen LogP contribution in [-0.4, -0.2) is 6.04 Å². The van der Waals surface area contributed by atoms with Crippen molar-refractivity contribution < 1.29 is 1.43 Å². The zero-order chi connectivity index (χ0) is 8.85. The van der Waals surface area contributed by atoms with Gasteiger partial charge in [0.1, 0.15) is 0 Å². The lowest BCUT2D eigenvalue weighted by Crippen LogP contribution is -2.31. The highest BCUT2D eigenvalue weighted by Crippen LogP contribution is 2.10. The van der Waals surface area contributed by atoms with E-state index in [0.29, 0.717) is 6.04 Å². The zero-order valence-electron chi connectivity index (χ0n) is 7.86. The van der Waals surface area contributed by atoms with E-state index in [9.17, 15) is 0 Å². The lowest BCUT2D eigenvalue weighted by atomic mass is 10.1. The van der Waals surface area contributed by atoms with Crippen molar-refractivity contribution in [3.05, 3.63) is 23.9 Å². The molecular formula is C9H20N2. The van der Waals surface area contributed by atoms with Gasteiger partial charge in [-0.3, -0.25) is 0 Å². The summed E-state index contributed by atoms with van der Waals surface area (Å²) in [6.07, 6.45) is 1.96. The molecule has 2 heteroatoms. The van der Waals surface area contributed by atoms with Gasteiger partial charge in [-0.15, -0.1) is 0 Å². The molecular weight excluding hydrogens is 136 g/mol. The quantitative estimate of drug-likeness (QED) is 0.569. The Bertz CT molecular complexity index is 164. The van der Waals surface area contributed by atoms with Crippen LogP contribution in [0, 0.1) is 0 Å². The number of rotatable bonds is 1. The summed E-state index contributed by atoms with van der Waals surface area (Å²) in [6.45, 7) is 11.9. The Hall–Kier alpha value is -0.760. The van der Waals surface area contributed by atoms with E-state index < -0.39 is 0 Å². The summed E-state index contributed by atoms with van der Waals surface area (Å²) in [7, 11) is 0. The topological polar surface area (TPSA) is 24.1 Å². The van der Waals surface area contributed by atoms with E-state index in [-0.39, 0.29) is 1.43 Å². The van der Waals surface area contributed by atoms with Crippen LogP contribution < -0.4 is 10.9 Å². The Labute approximate surface area is 70.8 Å². The van der Waals surface area contributed by atoms with Crippen LogP contribution in [0.1, 0.15) is 29.1 Å². The van der Waals surface area contributed by atoms with Gasteiger partial charge in [-0.2, -0.15) is 0 Å². The Morgan fingerprint density at radius 1 is 1.64 bits per heavy atom. The Morgan fingerprint density at radius 2 is 2.18 bits per heavy atom.